The molecule has 0 saturated heterocycles. The number of esters is 1. The molecule has 0 aromatic heterocycles. The molecule has 1 aliphatic carbocycles. The molecular formula is C16H26FNO6. The van der Waals surface area contributed by atoms with Crippen LogP contribution >= 0.6 is 0 Å². The number of hydrogen-bond acceptors (Lipinski definition) is 5. The number of alkyl carbamates (subject to hydrolysis) is 1. The lowest BCUT2D eigenvalue weighted by Gasteiger charge is -2.37. The predicted octanol–water partition coefficient (Wildman–Crippen LogP) is 2.63. The standard InChI is InChI=1S/C16H26FNO6/c1-10(2)14(21)23-11(3)24-15(22)18-9-16(8-13(19)20)6-4-12(17)5-7-16/h10-12H,4-9H2,1-3H3,(H,18,22)(H,19,20). The smallest absolute Gasteiger partial charge is 0.410 e. The maximum absolute atomic E-state index is 13.3. The average molecular weight is 347 g/mol. The summed E-state index contributed by atoms with van der Waals surface area (Å²) in [6.07, 6.45) is -1.56. The number of carboxylic acids is 1. The molecule has 1 aliphatic rings. The zero-order valence-electron chi connectivity index (χ0n) is 14.3. The van der Waals surface area contributed by atoms with Crippen LogP contribution in [0.15, 0.2) is 0 Å². The van der Waals surface area contributed by atoms with Crippen LogP contribution in [0.3, 0.4) is 0 Å². The van der Waals surface area contributed by atoms with Gasteiger partial charge < -0.3 is 19.9 Å². The van der Waals surface area contributed by atoms with Gasteiger partial charge in [-0.1, -0.05) is 13.8 Å². The maximum Gasteiger partial charge on any atom is 0.410 e. The number of aliphatic carboxylic acids is 1. The highest BCUT2D eigenvalue weighted by molar-refractivity contribution is 5.72. The van der Waals surface area contributed by atoms with Crippen LogP contribution in [-0.2, 0) is 19.1 Å². The van der Waals surface area contributed by atoms with E-state index in [1.54, 1.807) is 13.8 Å². The number of nitrogens with one attached hydrogen (secondary N) is 1. The van der Waals surface area contributed by atoms with Crippen molar-refractivity contribution in [3.05, 3.63) is 0 Å². The summed E-state index contributed by atoms with van der Waals surface area (Å²) in [6, 6.07) is 0. The highest BCUT2D eigenvalue weighted by atomic mass is 19.1. The van der Waals surface area contributed by atoms with Crippen molar-refractivity contribution in [2.45, 2.75) is 65.3 Å². The minimum absolute atomic E-state index is 0.0791. The third-order valence-corrected chi connectivity index (χ3v) is 4.14. The van der Waals surface area contributed by atoms with E-state index < -0.39 is 35.9 Å². The summed E-state index contributed by atoms with van der Waals surface area (Å²) < 4.78 is 23.1. The largest absolute Gasteiger partial charge is 0.481 e. The Bertz CT molecular complexity index is 459. The van der Waals surface area contributed by atoms with Crippen LogP contribution in [0.25, 0.3) is 0 Å². The van der Waals surface area contributed by atoms with E-state index in [2.05, 4.69) is 5.32 Å². The Hall–Kier alpha value is -1.86. The molecule has 1 rings (SSSR count). The van der Waals surface area contributed by atoms with Gasteiger partial charge in [-0.15, -0.1) is 0 Å². The number of amides is 1. The molecule has 1 atom stereocenters. The van der Waals surface area contributed by atoms with Gasteiger partial charge in [-0.25, -0.2) is 9.18 Å². The summed E-state index contributed by atoms with van der Waals surface area (Å²) in [5.41, 5.74) is -0.675. The quantitative estimate of drug-likeness (QED) is 0.542. The minimum Gasteiger partial charge on any atom is -0.481 e. The summed E-state index contributed by atoms with van der Waals surface area (Å²) in [5, 5.41) is 11.6. The van der Waals surface area contributed by atoms with Crippen LogP contribution in [0.2, 0.25) is 0 Å². The maximum atomic E-state index is 13.3. The summed E-state index contributed by atoms with van der Waals surface area (Å²) in [4.78, 5) is 34.3. The van der Waals surface area contributed by atoms with Crippen LogP contribution in [-0.4, -0.2) is 42.1 Å². The van der Waals surface area contributed by atoms with Crippen LogP contribution in [0.5, 0.6) is 0 Å². The summed E-state index contributed by atoms with van der Waals surface area (Å²) in [5.74, 6) is -1.81. The van der Waals surface area contributed by atoms with E-state index in [9.17, 15) is 18.8 Å². The number of rotatable bonds is 7. The summed E-state index contributed by atoms with van der Waals surface area (Å²) >= 11 is 0. The second kappa shape index (κ2) is 8.84. The molecule has 0 spiro atoms. The number of carboxylic acid groups (broad SMARTS) is 1. The SMILES string of the molecule is CC(OC(=O)NCC1(CC(=O)O)CCC(F)CC1)OC(=O)C(C)C. The molecule has 1 fully saturated rings. The van der Waals surface area contributed by atoms with E-state index in [1.807, 2.05) is 0 Å². The van der Waals surface area contributed by atoms with Crippen molar-refractivity contribution >= 4 is 18.0 Å². The van der Waals surface area contributed by atoms with E-state index in [0.717, 1.165) is 0 Å². The first-order valence-corrected chi connectivity index (χ1v) is 8.14. The van der Waals surface area contributed by atoms with Gasteiger partial charge in [0, 0.05) is 13.5 Å². The Balaban J connectivity index is 2.49. The molecule has 0 bridgehead atoms. The highest BCUT2D eigenvalue weighted by Gasteiger charge is 2.38. The second-order valence-corrected chi connectivity index (χ2v) is 6.66. The molecule has 8 heteroatoms. The molecule has 0 aromatic carbocycles. The molecule has 1 amide bonds. The molecule has 0 heterocycles. The molecule has 1 saturated carbocycles. The zero-order chi connectivity index (χ0) is 18.3. The van der Waals surface area contributed by atoms with Gasteiger partial charge in [0.05, 0.1) is 12.3 Å². The lowest BCUT2D eigenvalue weighted by atomic mass is 9.71. The molecule has 24 heavy (non-hydrogen) atoms. The fourth-order valence-electron chi connectivity index (χ4n) is 2.71. The normalized spacial score (nSPS) is 25.0. The first-order valence-electron chi connectivity index (χ1n) is 8.14. The zero-order valence-corrected chi connectivity index (χ0v) is 14.3. The molecular weight excluding hydrogens is 321 g/mol. The topological polar surface area (TPSA) is 102 Å². The summed E-state index contributed by atoms with van der Waals surface area (Å²) in [7, 11) is 0. The molecule has 1 unspecified atom stereocenters. The minimum atomic E-state index is -1.04. The Morgan fingerprint density at radius 2 is 1.79 bits per heavy atom. The van der Waals surface area contributed by atoms with Crippen LogP contribution in [0.4, 0.5) is 9.18 Å². The molecule has 2 N–H and O–H groups in total. The van der Waals surface area contributed by atoms with Crippen molar-refractivity contribution in [2.75, 3.05) is 6.54 Å². The number of ether oxygens (including phenoxy) is 2. The van der Waals surface area contributed by atoms with Crippen LogP contribution in [0, 0.1) is 11.3 Å². The van der Waals surface area contributed by atoms with Gasteiger partial charge in [0.15, 0.2) is 0 Å². The van der Waals surface area contributed by atoms with Crippen molar-refractivity contribution in [3.8, 4) is 0 Å². The molecule has 7 nitrogen and oxygen atoms in total. The fraction of sp³-hybridized carbons (Fsp3) is 0.812. The Morgan fingerprint density at radius 1 is 1.21 bits per heavy atom. The van der Waals surface area contributed by atoms with Crippen molar-refractivity contribution in [1.29, 1.82) is 0 Å². The number of carbonyl (C=O) groups excluding carboxylic acids is 2. The van der Waals surface area contributed by atoms with Crippen molar-refractivity contribution in [1.82, 2.24) is 5.32 Å². The van der Waals surface area contributed by atoms with Crippen molar-refractivity contribution in [3.63, 3.8) is 0 Å². The Labute approximate surface area is 140 Å². The monoisotopic (exact) mass is 347 g/mol. The van der Waals surface area contributed by atoms with Gasteiger partial charge in [-0.05, 0) is 31.1 Å². The van der Waals surface area contributed by atoms with E-state index in [0.29, 0.717) is 12.8 Å². The van der Waals surface area contributed by atoms with Gasteiger partial charge in [0.25, 0.3) is 0 Å². The molecule has 0 aromatic rings. The lowest BCUT2D eigenvalue weighted by molar-refractivity contribution is -0.168. The van der Waals surface area contributed by atoms with Crippen molar-refractivity contribution < 1.29 is 33.4 Å². The van der Waals surface area contributed by atoms with Gasteiger partial charge in [0.1, 0.15) is 6.17 Å². The van der Waals surface area contributed by atoms with E-state index >= 15 is 0 Å². The number of hydrogen-bond donors (Lipinski definition) is 2. The van der Waals surface area contributed by atoms with Gasteiger partial charge in [-0.2, -0.15) is 0 Å². The number of carbonyl (C=O) groups is 3. The molecule has 138 valence electrons. The molecule has 0 aliphatic heterocycles. The fourth-order valence-corrected chi connectivity index (χ4v) is 2.71. The van der Waals surface area contributed by atoms with Crippen LogP contribution < -0.4 is 5.32 Å². The summed E-state index contributed by atoms with van der Waals surface area (Å²) in [6.45, 7) is 4.81. The number of alkyl halides is 1. The Kier molecular flexibility index (Phi) is 7.44. The third-order valence-electron chi connectivity index (χ3n) is 4.14. The van der Waals surface area contributed by atoms with E-state index in [4.69, 9.17) is 14.6 Å². The predicted molar refractivity (Wildman–Crippen MR) is 82.9 cm³/mol. The van der Waals surface area contributed by atoms with Gasteiger partial charge in [0.2, 0.25) is 6.29 Å². The van der Waals surface area contributed by atoms with Crippen LogP contribution in [0.1, 0.15) is 52.9 Å². The van der Waals surface area contributed by atoms with E-state index in [1.165, 1.54) is 6.92 Å². The lowest BCUT2D eigenvalue weighted by Crippen LogP contribution is -2.43. The third kappa shape index (κ3) is 6.72. The average Bonchev–Trinajstić information content (AvgIpc) is 2.47. The number of halogens is 1. The van der Waals surface area contributed by atoms with E-state index in [-0.39, 0.29) is 31.7 Å². The van der Waals surface area contributed by atoms with Gasteiger partial charge in [-0.3, -0.25) is 9.59 Å². The Morgan fingerprint density at radius 3 is 2.29 bits per heavy atom. The second-order valence-electron chi connectivity index (χ2n) is 6.66. The van der Waals surface area contributed by atoms with Gasteiger partial charge >= 0.3 is 18.0 Å². The molecule has 0 radical (unpaired) electrons. The van der Waals surface area contributed by atoms with Crippen molar-refractivity contribution in [2.24, 2.45) is 11.3 Å². The first-order chi connectivity index (χ1) is 11.1. The highest BCUT2D eigenvalue weighted by Crippen LogP contribution is 2.39. The first kappa shape index (κ1) is 20.2.